The van der Waals surface area contributed by atoms with Gasteiger partial charge < -0.3 is 10.4 Å². The molecule has 0 radical (unpaired) electrons. The van der Waals surface area contributed by atoms with Crippen LogP contribution in [-0.4, -0.2) is 36.5 Å². The average molecular weight is 468 g/mol. The maximum Gasteiger partial charge on any atom is 0.231 e. The Balaban J connectivity index is 1.59. The molecule has 0 aliphatic heterocycles. The van der Waals surface area contributed by atoms with Gasteiger partial charge in [-0.25, -0.2) is 14.4 Å². The summed E-state index contributed by atoms with van der Waals surface area (Å²) in [6, 6.07) is 5.56. The first-order valence-electron chi connectivity index (χ1n) is 10.9. The van der Waals surface area contributed by atoms with Crippen molar-refractivity contribution >= 4 is 39.9 Å². The number of aromatic nitrogens is 4. The van der Waals surface area contributed by atoms with E-state index in [9.17, 15) is 14.3 Å². The van der Waals surface area contributed by atoms with E-state index in [1.54, 1.807) is 29.1 Å². The Bertz CT molecular complexity index is 1390. The lowest BCUT2D eigenvalue weighted by Gasteiger charge is -2.14. The van der Waals surface area contributed by atoms with E-state index in [4.69, 9.17) is 11.6 Å². The largest absolute Gasteiger partial charge is 0.387 e. The maximum absolute atomic E-state index is 13.2. The molecule has 7 nitrogen and oxygen atoms in total. The first-order chi connectivity index (χ1) is 15.9. The number of anilines is 1. The maximum atomic E-state index is 13.2. The summed E-state index contributed by atoms with van der Waals surface area (Å²) in [4.78, 5) is 25.5. The van der Waals surface area contributed by atoms with Gasteiger partial charge in [0.15, 0.2) is 0 Å². The standard InChI is InChI=1S/C24H23ClFN5O2/c1-3-4-20(32)18-5-12(2)16(10-27-18)14-6-13-9-28-22(30-24(33)15-7-17(15)26)8-19(13)31-21(25)11-29-23(14)31/h5-6,8-11,15,17,20,32H,3-4,7H2,1-2H3,(H,28,30,33)/t15-,17+,20?/m0/s1. The molecule has 1 saturated carbocycles. The predicted octanol–water partition coefficient (Wildman–Crippen LogP) is 5.04. The Morgan fingerprint density at radius 2 is 2.03 bits per heavy atom. The van der Waals surface area contributed by atoms with Crippen LogP contribution in [0.3, 0.4) is 0 Å². The van der Waals surface area contributed by atoms with Crippen LogP contribution in [-0.2, 0) is 4.79 Å². The minimum atomic E-state index is -1.07. The van der Waals surface area contributed by atoms with Gasteiger partial charge in [0.05, 0.1) is 29.4 Å². The fourth-order valence-electron chi connectivity index (χ4n) is 4.11. The number of hydrogen-bond donors (Lipinski definition) is 2. The second-order valence-corrected chi connectivity index (χ2v) is 8.89. The smallest absolute Gasteiger partial charge is 0.231 e. The minimum absolute atomic E-state index is 0.252. The Labute approximate surface area is 194 Å². The van der Waals surface area contributed by atoms with Gasteiger partial charge in [-0.1, -0.05) is 24.9 Å². The van der Waals surface area contributed by atoms with E-state index in [1.165, 1.54) is 0 Å². The molecule has 5 rings (SSSR count). The lowest BCUT2D eigenvalue weighted by atomic mass is 10.00. The van der Waals surface area contributed by atoms with Gasteiger partial charge >= 0.3 is 0 Å². The molecule has 0 saturated heterocycles. The summed E-state index contributed by atoms with van der Waals surface area (Å²) in [7, 11) is 0. The highest BCUT2D eigenvalue weighted by Crippen LogP contribution is 2.36. The van der Waals surface area contributed by atoms with Crippen molar-refractivity contribution in [3.8, 4) is 11.1 Å². The number of carbonyl (C=O) groups excluding carboxylic acids is 1. The van der Waals surface area contributed by atoms with Crippen LogP contribution in [0.25, 0.3) is 27.7 Å². The van der Waals surface area contributed by atoms with Gasteiger partial charge in [-0.3, -0.25) is 14.2 Å². The second-order valence-electron chi connectivity index (χ2n) is 8.50. The number of alkyl halides is 1. The number of fused-ring (bicyclic) bond motifs is 3. The molecule has 3 atom stereocenters. The molecule has 1 fully saturated rings. The quantitative estimate of drug-likeness (QED) is 0.414. The molecule has 0 bridgehead atoms. The predicted molar refractivity (Wildman–Crippen MR) is 125 cm³/mol. The van der Waals surface area contributed by atoms with Gasteiger partial charge in [0.1, 0.15) is 22.8 Å². The van der Waals surface area contributed by atoms with Crippen LogP contribution >= 0.6 is 11.6 Å². The van der Waals surface area contributed by atoms with E-state index in [2.05, 4.69) is 20.3 Å². The Kier molecular flexibility index (Phi) is 5.50. The molecule has 0 aromatic carbocycles. The normalized spacial score (nSPS) is 18.6. The van der Waals surface area contributed by atoms with E-state index in [-0.39, 0.29) is 12.3 Å². The minimum Gasteiger partial charge on any atom is -0.387 e. The number of pyridine rings is 3. The number of carbonyl (C=O) groups is 1. The van der Waals surface area contributed by atoms with E-state index >= 15 is 0 Å². The zero-order valence-corrected chi connectivity index (χ0v) is 19.0. The Hall–Kier alpha value is -3.10. The second kappa shape index (κ2) is 8.35. The molecule has 0 spiro atoms. The highest BCUT2D eigenvalue weighted by molar-refractivity contribution is 6.30. The van der Waals surface area contributed by atoms with Crippen LogP contribution in [0, 0.1) is 12.8 Å². The van der Waals surface area contributed by atoms with Gasteiger partial charge in [-0.15, -0.1) is 0 Å². The zero-order chi connectivity index (χ0) is 23.3. The summed E-state index contributed by atoms with van der Waals surface area (Å²) in [5.41, 5.74) is 4.65. The Morgan fingerprint density at radius 3 is 2.73 bits per heavy atom. The van der Waals surface area contributed by atoms with Crippen molar-refractivity contribution in [3.05, 3.63) is 53.2 Å². The van der Waals surface area contributed by atoms with Crippen molar-refractivity contribution in [2.24, 2.45) is 5.92 Å². The topological polar surface area (TPSA) is 92.4 Å². The van der Waals surface area contributed by atoms with Crippen molar-refractivity contribution in [2.75, 3.05) is 5.32 Å². The van der Waals surface area contributed by atoms with E-state index in [0.717, 1.165) is 34.0 Å². The molecule has 33 heavy (non-hydrogen) atoms. The molecular weight excluding hydrogens is 445 g/mol. The van der Waals surface area contributed by atoms with Crippen LogP contribution < -0.4 is 5.32 Å². The van der Waals surface area contributed by atoms with E-state index in [0.29, 0.717) is 28.7 Å². The fraction of sp³-hybridized carbons (Fsp3) is 0.333. The molecule has 170 valence electrons. The molecule has 1 aliphatic carbocycles. The average Bonchev–Trinajstić information content (AvgIpc) is 3.41. The van der Waals surface area contributed by atoms with Crippen molar-refractivity contribution in [2.45, 2.75) is 45.4 Å². The van der Waals surface area contributed by atoms with Crippen LogP contribution in [0.15, 0.2) is 36.8 Å². The monoisotopic (exact) mass is 467 g/mol. The van der Waals surface area contributed by atoms with Crippen LogP contribution in [0.5, 0.6) is 0 Å². The number of rotatable bonds is 6. The first kappa shape index (κ1) is 21.7. The number of hydrogen-bond acceptors (Lipinski definition) is 5. The number of aryl methyl sites for hydroxylation is 1. The van der Waals surface area contributed by atoms with Crippen LogP contribution in [0.1, 0.15) is 43.5 Å². The van der Waals surface area contributed by atoms with Gasteiger partial charge in [0.2, 0.25) is 5.91 Å². The van der Waals surface area contributed by atoms with Gasteiger partial charge in [0.25, 0.3) is 0 Å². The zero-order valence-electron chi connectivity index (χ0n) is 18.2. The molecule has 4 aromatic rings. The molecule has 1 amide bonds. The van der Waals surface area contributed by atoms with Crippen molar-refractivity contribution in [1.29, 1.82) is 0 Å². The molecule has 4 heterocycles. The van der Waals surface area contributed by atoms with Crippen LogP contribution in [0.2, 0.25) is 5.15 Å². The molecule has 9 heteroatoms. The molecule has 4 aromatic heterocycles. The number of amides is 1. The number of aliphatic hydroxyl groups excluding tert-OH is 1. The van der Waals surface area contributed by atoms with Gasteiger partial charge in [0, 0.05) is 35.0 Å². The fourth-order valence-corrected chi connectivity index (χ4v) is 4.33. The summed E-state index contributed by atoms with van der Waals surface area (Å²) in [5.74, 6) is -0.639. The third-order valence-electron chi connectivity index (χ3n) is 6.04. The third-order valence-corrected chi connectivity index (χ3v) is 6.31. The van der Waals surface area contributed by atoms with Crippen molar-refractivity contribution in [3.63, 3.8) is 0 Å². The number of halogens is 2. The SMILES string of the molecule is CCCC(O)c1cc(C)c(-c2cc3cnc(NC(=O)[C@H]4C[C@H]4F)cc3n3c(Cl)cnc23)cn1. The molecular formula is C24H23ClFN5O2. The summed E-state index contributed by atoms with van der Waals surface area (Å²) in [5, 5.41) is 14.2. The van der Waals surface area contributed by atoms with Crippen molar-refractivity contribution < 1.29 is 14.3 Å². The first-order valence-corrected chi connectivity index (χ1v) is 11.3. The molecule has 2 N–H and O–H groups in total. The van der Waals surface area contributed by atoms with E-state index in [1.807, 2.05) is 26.0 Å². The number of nitrogens with one attached hydrogen (secondary N) is 1. The van der Waals surface area contributed by atoms with E-state index < -0.39 is 18.2 Å². The summed E-state index contributed by atoms with van der Waals surface area (Å²) < 4.78 is 15.0. The summed E-state index contributed by atoms with van der Waals surface area (Å²) in [6.45, 7) is 3.99. The number of aliphatic hydroxyl groups is 1. The lowest BCUT2D eigenvalue weighted by Crippen LogP contribution is -2.16. The highest BCUT2D eigenvalue weighted by Gasteiger charge is 2.43. The number of imidazole rings is 1. The lowest BCUT2D eigenvalue weighted by molar-refractivity contribution is -0.117. The third kappa shape index (κ3) is 3.94. The van der Waals surface area contributed by atoms with Gasteiger partial charge in [-0.2, -0.15) is 0 Å². The summed E-state index contributed by atoms with van der Waals surface area (Å²) >= 11 is 6.48. The molecule has 1 aliphatic rings. The molecule has 1 unspecified atom stereocenters. The van der Waals surface area contributed by atoms with Crippen LogP contribution in [0.4, 0.5) is 10.2 Å². The van der Waals surface area contributed by atoms with Gasteiger partial charge in [-0.05, 0) is 37.5 Å². The Morgan fingerprint density at radius 1 is 1.24 bits per heavy atom. The highest BCUT2D eigenvalue weighted by atomic mass is 35.5. The number of nitrogens with zero attached hydrogens (tertiary/aromatic N) is 4. The summed E-state index contributed by atoms with van der Waals surface area (Å²) in [6.07, 6.45) is 5.06. The van der Waals surface area contributed by atoms with Crippen molar-refractivity contribution in [1.82, 2.24) is 19.4 Å².